The van der Waals surface area contributed by atoms with Crippen molar-refractivity contribution in [3.63, 3.8) is 0 Å². The van der Waals surface area contributed by atoms with Crippen molar-refractivity contribution < 1.29 is 0 Å². The Labute approximate surface area is 159 Å². The molecular weight excluding hydrogens is 348 g/mol. The summed E-state index contributed by atoms with van der Waals surface area (Å²) < 4.78 is 3.48. The third kappa shape index (κ3) is 4.14. The Morgan fingerprint density at radius 2 is 1.92 bits per heavy atom. The fourth-order valence-electron chi connectivity index (χ4n) is 3.13. The molecule has 0 saturated carbocycles. The molecule has 0 atom stereocenters. The number of rotatable bonds is 5. The maximum absolute atomic E-state index is 12.8. The van der Waals surface area contributed by atoms with Gasteiger partial charge in [-0.3, -0.25) is 14.4 Å². The Hall–Kier alpha value is -2.16. The number of piperazine rings is 1. The van der Waals surface area contributed by atoms with E-state index >= 15 is 0 Å². The number of hydrogen-bond acceptors (Lipinski definition) is 4. The van der Waals surface area contributed by atoms with Crippen LogP contribution in [0.15, 0.2) is 35.1 Å². The molecule has 0 aliphatic carbocycles. The molecule has 2 heterocycles. The van der Waals surface area contributed by atoms with Gasteiger partial charge in [-0.25, -0.2) is 4.68 Å². The largest absolute Gasteiger partial charge is 0.361 e. The second-order valence-electron chi connectivity index (χ2n) is 6.41. The van der Waals surface area contributed by atoms with Gasteiger partial charge in [0.15, 0.2) is 5.11 Å². The lowest BCUT2D eigenvalue weighted by Gasteiger charge is -2.27. The van der Waals surface area contributed by atoms with Crippen LogP contribution in [-0.2, 0) is 7.05 Å². The van der Waals surface area contributed by atoms with E-state index in [0.717, 1.165) is 50.6 Å². The minimum absolute atomic E-state index is 0.109. The lowest BCUT2D eigenvalue weighted by Crippen LogP contribution is -2.46. The van der Waals surface area contributed by atoms with E-state index in [4.69, 9.17) is 12.2 Å². The first-order chi connectivity index (χ1) is 12.6. The number of para-hydroxylation sites is 1. The van der Waals surface area contributed by atoms with Crippen molar-refractivity contribution in [2.75, 3.05) is 44.6 Å². The lowest BCUT2D eigenvalue weighted by atomic mass is 10.3. The van der Waals surface area contributed by atoms with Crippen LogP contribution in [0.25, 0.3) is 5.69 Å². The smallest absolute Gasteiger partial charge is 0.295 e. The lowest BCUT2D eigenvalue weighted by molar-refractivity contribution is 0.245. The van der Waals surface area contributed by atoms with Gasteiger partial charge in [-0.1, -0.05) is 18.2 Å². The third-order valence-corrected chi connectivity index (χ3v) is 4.96. The Morgan fingerprint density at radius 1 is 1.23 bits per heavy atom. The molecule has 8 heteroatoms. The van der Waals surface area contributed by atoms with E-state index in [1.54, 1.807) is 4.68 Å². The molecule has 1 aliphatic heterocycles. The number of benzene rings is 1. The molecule has 0 spiro atoms. The van der Waals surface area contributed by atoms with Crippen molar-refractivity contribution >= 4 is 23.0 Å². The average Bonchev–Trinajstić information content (AvgIpc) is 2.87. The molecule has 1 aromatic heterocycles. The number of thiocarbonyl (C=S) groups is 1. The molecule has 26 heavy (non-hydrogen) atoms. The number of nitrogens with zero attached hydrogens (tertiary/aromatic N) is 3. The van der Waals surface area contributed by atoms with Gasteiger partial charge in [0.2, 0.25) is 0 Å². The molecule has 3 rings (SSSR count). The Kier molecular flexibility index (Phi) is 6.08. The van der Waals surface area contributed by atoms with Crippen molar-refractivity contribution in [2.24, 2.45) is 7.05 Å². The monoisotopic (exact) mass is 374 g/mol. The van der Waals surface area contributed by atoms with Gasteiger partial charge >= 0.3 is 0 Å². The second-order valence-corrected chi connectivity index (χ2v) is 6.82. The highest BCUT2D eigenvalue weighted by Crippen LogP contribution is 2.13. The van der Waals surface area contributed by atoms with Crippen LogP contribution in [0.1, 0.15) is 5.69 Å². The second kappa shape index (κ2) is 8.48. The van der Waals surface area contributed by atoms with Crippen LogP contribution < -0.4 is 21.5 Å². The minimum Gasteiger partial charge on any atom is -0.361 e. The van der Waals surface area contributed by atoms with Crippen molar-refractivity contribution in [1.82, 2.24) is 24.9 Å². The van der Waals surface area contributed by atoms with Gasteiger partial charge in [-0.2, -0.15) is 0 Å². The van der Waals surface area contributed by atoms with Gasteiger partial charge in [-0.15, -0.1) is 0 Å². The highest BCUT2D eigenvalue weighted by Gasteiger charge is 2.17. The predicted octanol–water partition coefficient (Wildman–Crippen LogP) is 0.676. The quantitative estimate of drug-likeness (QED) is 0.669. The molecule has 0 unspecified atom stereocenters. The van der Waals surface area contributed by atoms with Crippen LogP contribution in [0.2, 0.25) is 0 Å². The van der Waals surface area contributed by atoms with Gasteiger partial charge < -0.3 is 16.0 Å². The van der Waals surface area contributed by atoms with Crippen LogP contribution in [0.3, 0.4) is 0 Å². The summed E-state index contributed by atoms with van der Waals surface area (Å²) in [7, 11) is 1.87. The Balaban J connectivity index is 1.64. The topological polar surface area (TPSA) is 66.3 Å². The van der Waals surface area contributed by atoms with Gasteiger partial charge in [0.1, 0.15) is 5.69 Å². The zero-order valence-electron chi connectivity index (χ0n) is 15.3. The normalized spacial score (nSPS) is 15.0. The summed E-state index contributed by atoms with van der Waals surface area (Å²) in [6, 6.07) is 9.59. The number of hydrogen-bond donors (Lipinski definition) is 3. The van der Waals surface area contributed by atoms with Crippen molar-refractivity contribution in [2.45, 2.75) is 6.92 Å². The van der Waals surface area contributed by atoms with Gasteiger partial charge in [0.25, 0.3) is 5.56 Å². The molecule has 1 aromatic carbocycles. The summed E-state index contributed by atoms with van der Waals surface area (Å²) in [5.74, 6) is 0. The van der Waals surface area contributed by atoms with E-state index in [1.807, 2.05) is 49.0 Å². The van der Waals surface area contributed by atoms with Crippen LogP contribution in [0.4, 0.5) is 5.69 Å². The highest BCUT2D eigenvalue weighted by atomic mass is 32.1. The maximum Gasteiger partial charge on any atom is 0.295 e. The van der Waals surface area contributed by atoms with Crippen LogP contribution in [0, 0.1) is 6.92 Å². The van der Waals surface area contributed by atoms with Gasteiger partial charge in [-0.05, 0) is 31.3 Å². The first-order valence-electron chi connectivity index (χ1n) is 8.90. The van der Waals surface area contributed by atoms with Gasteiger partial charge in [0.05, 0.1) is 11.4 Å². The van der Waals surface area contributed by atoms with Crippen LogP contribution in [0.5, 0.6) is 0 Å². The number of nitrogens with one attached hydrogen (secondary N) is 3. The average molecular weight is 375 g/mol. The highest BCUT2D eigenvalue weighted by molar-refractivity contribution is 7.80. The summed E-state index contributed by atoms with van der Waals surface area (Å²) >= 11 is 5.38. The van der Waals surface area contributed by atoms with Crippen molar-refractivity contribution in [1.29, 1.82) is 0 Å². The van der Waals surface area contributed by atoms with E-state index in [2.05, 4.69) is 20.9 Å². The fourth-order valence-corrected chi connectivity index (χ4v) is 3.34. The molecular formula is C18H26N6OS. The van der Waals surface area contributed by atoms with E-state index < -0.39 is 0 Å². The molecule has 1 saturated heterocycles. The minimum atomic E-state index is -0.109. The molecule has 0 bridgehead atoms. The summed E-state index contributed by atoms with van der Waals surface area (Å²) in [6.07, 6.45) is 0. The Morgan fingerprint density at radius 3 is 2.62 bits per heavy atom. The first-order valence-corrected chi connectivity index (χ1v) is 9.30. The maximum atomic E-state index is 12.8. The summed E-state index contributed by atoms with van der Waals surface area (Å²) in [4.78, 5) is 15.2. The summed E-state index contributed by atoms with van der Waals surface area (Å²) in [5, 5.41) is 10.1. The van der Waals surface area contributed by atoms with Gasteiger partial charge in [0, 0.05) is 46.3 Å². The van der Waals surface area contributed by atoms with Crippen LogP contribution in [-0.4, -0.2) is 58.6 Å². The zero-order valence-corrected chi connectivity index (χ0v) is 16.1. The molecule has 0 radical (unpaired) electrons. The van der Waals surface area contributed by atoms with Crippen LogP contribution >= 0.6 is 12.2 Å². The molecule has 7 nitrogen and oxygen atoms in total. The summed E-state index contributed by atoms with van der Waals surface area (Å²) in [6.45, 7) is 7.78. The predicted molar refractivity (Wildman–Crippen MR) is 109 cm³/mol. The standard InChI is InChI=1S/C18H26N6OS/c1-14-16(17(25)24(22(14)2)15-6-4-3-5-7-15)21-18(26)20-10-13-23-11-8-19-9-12-23/h3-7,19H,8-13H2,1-2H3,(H2,20,21,26). The van der Waals surface area contributed by atoms with E-state index in [1.165, 1.54) is 0 Å². The number of aromatic nitrogens is 2. The first kappa shape index (κ1) is 18.6. The molecule has 140 valence electrons. The molecule has 3 N–H and O–H groups in total. The SMILES string of the molecule is Cc1c(NC(=S)NCCN2CCNCC2)c(=O)n(-c2ccccc2)n1C. The Bertz CT molecular complexity index is 807. The molecule has 2 aromatic rings. The summed E-state index contributed by atoms with van der Waals surface area (Å²) in [5.41, 5.74) is 2.07. The van der Waals surface area contributed by atoms with Crippen molar-refractivity contribution in [3.05, 3.63) is 46.4 Å². The van der Waals surface area contributed by atoms with E-state index in [-0.39, 0.29) is 5.56 Å². The zero-order chi connectivity index (χ0) is 18.5. The fraction of sp³-hybridized carbons (Fsp3) is 0.444. The van der Waals surface area contributed by atoms with E-state index in [9.17, 15) is 4.79 Å². The molecule has 1 fully saturated rings. The number of anilines is 1. The molecule has 0 amide bonds. The third-order valence-electron chi connectivity index (χ3n) is 4.72. The van der Waals surface area contributed by atoms with Crippen molar-refractivity contribution in [3.8, 4) is 5.69 Å². The molecule has 1 aliphatic rings. The van der Waals surface area contributed by atoms with E-state index in [0.29, 0.717) is 10.8 Å².